The van der Waals surface area contributed by atoms with Gasteiger partial charge in [-0.3, -0.25) is 9.62 Å². The second-order valence-electron chi connectivity index (χ2n) is 5.02. The minimum Gasteiger partial charge on any atom is -0.314 e. The molecule has 0 saturated carbocycles. The van der Waals surface area contributed by atoms with Gasteiger partial charge in [-0.05, 0) is 18.1 Å². The van der Waals surface area contributed by atoms with Crippen LogP contribution in [0.2, 0.25) is 0 Å². The molecule has 1 heterocycles. The second kappa shape index (κ2) is 7.06. The quantitative estimate of drug-likeness (QED) is 0.819. The molecular formula is C14H23N3O2S. The van der Waals surface area contributed by atoms with Gasteiger partial charge in [0.15, 0.2) is 0 Å². The van der Waals surface area contributed by atoms with Crippen molar-refractivity contribution in [3.8, 4) is 0 Å². The van der Waals surface area contributed by atoms with E-state index in [4.69, 9.17) is 0 Å². The van der Waals surface area contributed by atoms with Gasteiger partial charge < -0.3 is 5.32 Å². The summed E-state index contributed by atoms with van der Waals surface area (Å²) in [5, 5.41) is 3.26. The average Bonchev–Trinajstić information content (AvgIpc) is 2.47. The van der Waals surface area contributed by atoms with Gasteiger partial charge >= 0.3 is 0 Å². The van der Waals surface area contributed by atoms with Gasteiger partial charge in [0.1, 0.15) is 0 Å². The Morgan fingerprint density at radius 1 is 1.25 bits per heavy atom. The van der Waals surface area contributed by atoms with Crippen LogP contribution in [0.15, 0.2) is 24.3 Å². The third-order valence-electron chi connectivity index (χ3n) is 3.55. The molecule has 0 unspecified atom stereocenters. The molecule has 1 aromatic rings. The minimum absolute atomic E-state index is 0.144. The minimum atomic E-state index is -3.28. The zero-order chi connectivity index (χ0) is 14.4. The van der Waals surface area contributed by atoms with Crippen molar-refractivity contribution < 1.29 is 8.42 Å². The first kappa shape index (κ1) is 15.3. The molecule has 0 amide bonds. The Hall–Kier alpha value is -1.11. The Labute approximate surface area is 121 Å². The van der Waals surface area contributed by atoms with Gasteiger partial charge in [-0.2, -0.15) is 0 Å². The van der Waals surface area contributed by atoms with Gasteiger partial charge in [0.05, 0.1) is 11.4 Å². The van der Waals surface area contributed by atoms with E-state index < -0.39 is 10.0 Å². The number of hydrogen-bond donors (Lipinski definition) is 2. The van der Waals surface area contributed by atoms with Gasteiger partial charge in [-0.1, -0.05) is 25.1 Å². The van der Waals surface area contributed by atoms with Crippen LogP contribution in [0.1, 0.15) is 12.5 Å². The fourth-order valence-corrected chi connectivity index (χ4v) is 3.47. The first-order valence-electron chi connectivity index (χ1n) is 7.12. The molecule has 2 N–H and O–H groups in total. The van der Waals surface area contributed by atoms with Crippen molar-refractivity contribution in [3.63, 3.8) is 0 Å². The van der Waals surface area contributed by atoms with E-state index in [0.29, 0.717) is 12.2 Å². The number of aryl methyl sites for hydroxylation is 1. The Morgan fingerprint density at radius 2 is 1.95 bits per heavy atom. The normalized spacial score (nSPS) is 17.1. The van der Waals surface area contributed by atoms with Gasteiger partial charge in [0, 0.05) is 32.7 Å². The topological polar surface area (TPSA) is 61.4 Å². The number of nitrogens with zero attached hydrogens (tertiary/aromatic N) is 1. The lowest BCUT2D eigenvalue weighted by atomic mass is 10.1. The van der Waals surface area contributed by atoms with Gasteiger partial charge in [0.2, 0.25) is 10.0 Å². The smallest absolute Gasteiger partial charge is 0.233 e. The molecule has 1 aromatic carbocycles. The average molecular weight is 297 g/mol. The number of nitrogens with one attached hydrogen (secondary N) is 2. The van der Waals surface area contributed by atoms with Crippen LogP contribution in [-0.2, 0) is 16.4 Å². The van der Waals surface area contributed by atoms with Crippen LogP contribution >= 0.6 is 0 Å². The third-order valence-corrected chi connectivity index (χ3v) is 4.80. The second-order valence-corrected chi connectivity index (χ2v) is 6.87. The van der Waals surface area contributed by atoms with Crippen molar-refractivity contribution in [2.24, 2.45) is 0 Å². The molecule has 0 aromatic heterocycles. The first-order valence-corrected chi connectivity index (χ1v) is 8.77. The number of para-hydroxylation sites is 1. The molecule has 2 rings (SSSR count). The number of rotatable bonds is 6. The highest BCUT2D eigenvalue weighted by atomic mass is 32.2. The fraction of sp³-hybridized carbons (Fsp3) is 0.571. The molecule has 5 nitrogen and oxygen atoms in total. The van der Waals surface area contributed by atoms with E-state index >= 15 is 0 Å². The molecule has 0 radical (unpaired) electrons. The van der Waals surface area contributed by atoms with Crippen LogP contribution in [0.5, 0.6) is 0 Å². The lowest BCUT2D eigenvalue weighted by Crippen LogP contribution is -2.45. The van der Waals surface area contributed by atoms with Gasteiger partial charge in [-0.15, -0.1) is 0 Å². The summed E-state index contributed by atoms with van der Waals surface area (Å²) in [7, 11) is -3.28. The highest BCUT2D eigenvalue weighted by Crippen LogP contribution is 2.17. The Kier molecular flexibility index (Phi) is 5.39. The summed E-state index contributed by atoms with van der Waals surface area (Å²) in [5.41, 5.74) is 1.73. The van der Waals surface area contributed by atoms with Gasteiger partial charge in [-0.25, -0.2) is 8.42 Å². The third kappa shape index (κ3) is 4.47. The predicted molar refractivity (Wildman–Crippen MR) is 82.5 cm³/mol. The van der Waals surface area contributed by atoms with E-state index in [9.17, 15) is 8.42 Å². The first-order chi connectivity index (χ1) is 9.61. The van der Waals surface area contributed by atoms with E-state index in [-0.39, 0.29) is 5.75 Å². The summed E-state index contributed by atoms with van der Waals surface area (Å²) in [6, 6.07) is 7.56. The standard InChI is InChI=1S/C14H23N3O2S/c1-2-13-5-3-4-6-14(13)16-20(18,19)12-11-17-9-7-15-8-10-17/h3-6,15-16H,2,7-12H2,1H3. The summed E-state index contributed by atoms with van der Waals surface area (Å²) in [4.78, 5) is 2.18. The van der Waals surface area contributed by atoms with Gasteiger partial charge in [0.25, 0.3) is 0 Å². The largest absolute Gasteiger partial charge is 0.314 e. The van der Waals surface area contributed by atoms with E-state index in [0.717, 1.165) is 38.2 Å². The van der Waals surface area contributed by atoms with Crippen LogP contribution < -0.4 is 10.0 Å². The lowest BCUT2D eigenvalue weighted by molar-refractivity contribution is 0.254. The molecule has 1 fully saturated rings. The molecule has 1 aliphatic heterocycles. The SMILES string of the molecule is CCc1ccccc1NS(=O)(=O)CCN1CCNCC1. The maximum absolute atomic E-state index is 12.2. The van der Waals surface area contributed by atoms with Crippen molar-refractivity contribution in [3.05, 3.63) is 29.8 Å². The van der Waals surface area contributed by atoms with E-state index in [1.54, 1.807) is 0 Å². The summed E-state index contributed by atoms with van der Waals surface area (Å²) in [6.45, 7) is 6.32. The van der Waals surface area contributed by atoms with Crippen LogP contribution in [0.3, 0.4) is 0 Å². The zero-order valence-corrected chi connectivity index (χ0v) is 12.7. The predicted octanol–water partition coefficient (Wildman–Crippen LogP) is 0.896. The Morgan fingerprint density at radius 3 is 2.65 bits per heavy atom. The van der Waals surface area contributed by atoms with Crippen LogP contribution in [-0.4, -0.2) is 51.8 Å². The maximum Gasteiger partial charge on any atom is 0.233 e. The molecule has 112 valence electrons. The molecule has 0 aliphatic carbocycles. The molecule has 6 heteroatoms. The highest BCUT2D eigenvalue weighted by Gasteiger charge is 2.16. The lowest BCUT2D eigenvalue weighted by Gasteiger charge is -2.27. The Balaban J connectivity index is 1.93. The fourth-order valence-electron chi connectivity index (χ4n) is 2.33. The monoisotopic (exact) mass is 297 g/mol. The van der Waals surface area contributed by atoms with Crippen LogP contribution in [0.4, 0.5) is 5.69 Å². The summed E-state index contributed by atoms with van der Waals surface area (Å²) < 4.78 is 27.0. The zero-order valence-electron chi connectivity index (χ0n) is 11.9. The molecule has 0 spiro atoms. The molecule has 1 aliphatic rings. The molecular weight excluding hydrogens is 274 g/mol. The van der Waals surface area contributed by atoms with Crippen LogP contribution in [0.25, 0.3) is 0 Å². The number of sulfonamides is 1. The summed E-state index contributed by atoms with van der Waals surface area (Å²) in [6.07, 6.45) is 0.816. The van der Waals surface area contributed by atoms with Crippen molar-refractivity contribution in [1.29, 1.82) is 0 Å². The molecule has 1 saturated heterocycles. The summed E-state index contributed by atoms with van der Waals surface area (Å²) >= 11 is 0. The summed E-state index contributed by atoms with van der Waals surface area (Å²) in [5.74, 6) is 0.144. The van der Waals surface area contributed by atoms with Crippen molar-refractivity contribution in [2.75, 3.05) is 43.2 Å². The number of anilines is 1. The van der Waals surface area contributed by atoms with Crippen molar-refractivity contribution in [1.82, 2.24) is 10.2 Å². The van der Waals surface area contributed by atoms with Crippen molar-refractivity contribution in [2.45, 2.75) is 13.3 Å². The van der Waals surface area contributed by atoms with Crippen molar-refractivity contribution >= 4 is 15.7 Å². The molecule has 20 heavy (non-hydrogen) atoms. The van der Waals surface area contributed by atoms with E-state index in [1.807, 2.05) is 31.2 Å². The van der Waals surface area contributed by atoms with Crippen LogP contribution in [0, 0.1) is 0 Å². The Bertz CT molecular complexity index is 525. The van der Waals surface area contributed by atoms with E-state index in [2.05, 4.69) is 14.9 Å². The van der Waals surface area contributed by atoms with E-state index in [1.165, 1.54) is 0 Å². The number of piperazine rings is 1. The number of benzene rings is 1. The highest BCUT2D eigenvalue weighted by molar-refractivity contribution is 7.92. The molecule has 0 bridgehead atoms. The number of hydrogen-bond acceptors (Lipinski definition) is 4. The molecule has 0 atom stereocenters. The maximum atomic E-state index is 12.2.